The van der Waals surface area contributed by atoms with E-state index in [2.05, 4.69) is 26.4 Å². The third-order valence-corrected chi connectivity index (χ3v) is 2.83. The van der Waals surface area contributed by atoms with Gasteiger partial charge in [0.1, 0.15) is 0 Å². The van der Waals surface area contributed by atoms with Crippen molar-refractivity contribution in [3.63, 3.8) is 0 Å². The molecule has 2 aromatic heterocycles. The number of fused-ring (bicyclic) bond motifs is 1. The summed E-state index contributed by atoms with van der Waals surface area (Å²) in [6.07, 6.45) is 0. The van der Waals surface area contributed by atoms with Gasteiger partial charge < -0.3 is 14.3 Å². The van der Waals surface area contributed by atoms with Gasteiger partial charge in [0.25, 0.3) is 5.91 Å². The van der Waals surface area contributed by atoms with E-state index in [0.29, 0.717) is 16.1 Å². The fraction of sp³-hybridized carbons (Fsp3) is 0. The molecule has 2 heterocycles. The predicted octanol–water partition coefficient (Wildman–Crippen LogP) is 3.44. The van der Waals surface area contributed by atoms with Crippen molar-refractivity contribution in [2.75, 3.05) is 5.32 Å². The topological polar surface area (TPSA) is 68.3 Å². The molecule has 0 radical (unpaired) electrons. The minimum Gasteiger partial charge on any atom is -0.444 e. The van der Waals surface area contributed by atoms with Gasteiger partial charge in [0, 0.05) is 0 Å². The van der Waals surface area contributed by atoms with Crippen molar-refractivity contribution in [3.05, 3.63) is 46.8 Å². The number of nitrogens with zero attached hydrogens (tertiary/aromatic N) is 1. The van der Waals surface area contributed by atoms with E-state index < -0.39 is 0 Å². The van der Waals surface area contributed by atoms with Gasteiger partial charge in [0.2, 0.25) is 0 Å². The maximum Gasteiger partial charge on any atom is 0.292 e. The molecular weight excluding hydrogens is 300 g/mol. The zero-order valence-corrected chi connectivity index (χ0v) is 10.6. The first-order valence-electron chi connectivity index (χ1n) is 5.15. The molecule has 6 heteroatoms. The Morgan fingerprint density at radius 3 is 2.83 bits per heavy atom. The van der Waals surface area contributed by atoms with Crippen LogP contribution < -0.4 is 5.32 Å². The molecule has 0 spiro atoms. The largest absolute Gasteiger partial charge is 0.444 e. The zero-order valence-electron chi connectivity index (χ0n) is 9.01. The van der Waals surface area contributed by atoms with Crippen molar-refractivity contribution in [3.8, 4) is 0 Å². The van der Waals surface area contributed by atoms with Gasteiger partial charge in [-0.1, -0.05) is 17.3 Å². The summed E-state index contributed by atoms with van der Waals surface area (Å²) in [7, 11) is 0. The van der Waals surface area contributed by atoms with Crippen LogP contribution in [0.3, 0.4) is 0 Å². The number of rotatable bonds is 2. The van der Waals surface area contributed by atoms with Crippen LogP contribution in [0.5, 0.6) is 0 Å². The van der Waals surface area contributed by atoms with Crippen LogP contribution >= 0.6 is 15.9 Å². The molecule has 1 N–H and O–H groups in total. The Kier molecular flexibility index (Phi) is 2.64. The minimum atomic E-state index is -0.375. The number of aromatic nitrogens is 1. The quantitative estimate of drug-likeness (QED) is 0.787. The maximum atomic E-state index is 11.9. The van der Waals surface area contributed by atoms with Crippen LogP contribution in [0.15, 0.2) is 50.0 Å². The first-order chi connectivity index (χ1) is 8.74. The molecule has 0 aliphatic carbocycles. The first kappa shape index (κ1) is 11.0. The second kappa shape index (κ2) is 4.30. The van der Waals surface area contributed by atoms with Gasteiger partial charge in [-0.15, -0.1) is 0 Å². The number of hydrogen-bond acceptors (Lipinski definition) is 4. The molecule has 1 aromatic carbocycles. The highest BCUT2D eigenvalue weighted by atomic mass is 79.9. The number of hydrogen-bond donors (Lipinski definition) is 1. The average Bonchev–Trinajstić information content (AvgIpc) is 2.97. The molecule has 3 rings (SSSR count). The molecule has 3 aromatic rings. The van der Waals surface area contributed by atoms with Crippen molar-refractivity contribution >= 4 is 38.6 Å². The Labute approximate surface area is 110 Å². The highest BCUT2D eigenvalue weighted by Crippen LogP contribution is 2.23. The molecule has 0 aliphatic rings. The summed E-state index contributed by atoms with van der Waals surface area (Å²) in [5.74, 6) is 0.205. The van der Waals surface area contributed by atoms with E-state index in [0.717, 1.165) is 5.39 Å². The monoisotopic (exact) mass is 306 g/mol. The summed E-state index contributed by atoms with van der Waals surface area (Å²) in [5, 5.41) is 7.19. The lowest BCUT2D eigenvalue weighted by molar-refractivity contribution is 0.0994. The number of anilines is 1. The first-order valence-corrected chi connectivity index (χ1v) is 5.94. The van der Waals surface area contributed by atoms with Gasteiger partial charge in [-0.25, -0.2) is 0 Å². The summed E-state index contributed by atoms with van der Waals surface area (Å²) >= 11 is 3.14. The Morgan fingerprint density at radius 1 is 1.22 bits per heavy atom. The molecule has 0 bridgehead atoms. The normalized spacial score (nSPS) is 10.7. The lowest BCUT2D eigenvalue weighted by Crippen LogP contribution is -2.11. The SMILES string of the molecule is O=C(Nc1noc2ccccc12)c1ccc(Br)o1. The van der Waals surface area contributed by atoms with Crippen LogP contribution in [0, 0.1) is 0 Å². The van der Waals surface area contributed by atoms with E-state index in [-0.39, 0.29) is 11.7 Å². The maximum absolute atomic E-state index is 11.9. The van der Waals surface area contributed by atoms with E-state index in [4.69, 9.17) is 8.94 Å². The number of para-hydroxylation sites is 1. The molecule has 0 aliphatic heterocycles. The van der Waals surface area contributed by atoms with Crippen molar-refractivity contribution in [2.24, 2.45) is 0 Å². The molecule has 1 amide bonds. The minimum absolute atomic E-state index is 0.203. The molecule has 18 heavy (non-hydrogen) atoms. The average molecular weight is 307 g/mol. The number of carbonyl (C=O) groups is 1. The predicted molar refractivity (Wildman–Crippen MR) is 68.4 cm³/mol. The van der Waals surface area contributed by atoms with Crippen molar-refractivity contribution in [1.82, 2.24) is 5.16 Å². The van der Waals surface area contributed by atoms with Gasteiger partial charge >= 0.3 is 0 Å². The summed E-state index contributed by atoms with van der Waals surface area (Å²) < 4.78 is 10.7. The van der Waals surface area contributed by atoms with Crippen LogP contribution in [0.2, 0.25) is 0 Å². The van der Waals surface area contributed by atoms with E-state index in [1.54, 1.807) is 18.2 Å². The van der Waals surface area contributed by atoms with Crippen LogP contribution in [0.1, 0.15) is 10.6 Å². The van der Waals surface area contributed by atoms with Crippen LogP contribution in [-0.2, 0) is 0 Å². The van der Waals surface area contributed by atoms with Gasteiger partial charge in [0.05, 0.1) is 5.39 Å². The summed E-state index contributed by atoms with van der Waals surface area (Å²) in [6.45, 7) is 0. The molecule has 0 saturated carbocycles. The highest BCUT2D eigenvalue weighted by Gasteiger charge is 2.14. The molecule has 0 fully saturated rings. The molecule has 0 unspecified atom stereocenters. The van der Waals surface area contributed by atoms with E-state index in [1.165, 1.54) is 0 Å². The molecule has 0 saturated heterocycles. The van der Waals surface area contributed by atoms with Crippen LogP contribution in [0.4, 0.5) is 5.82 Å². The fourth-order valence-corrected chi connectivity index (χ4v) is 1.89. The number of furan rings is 1. The Bertz CT molecular complexity index is 717. The van der Waals surface area contributed by atoms with Crippen molar-refractivity contribution in [2.45, 2.75) is 0 Å². The van der Waals surface area contributed by atoms with Crippen molar-refractivity contribution in [1.29, 1.82) is 0 Å². The van der Waals surface area contributed by atoms with Crippen LogP contribution in [0.25, 0.3) is 11.0 Å². The fourth-order valence-electron chi connectivity index (χ4n) is 1.58. The number of carbonyl (C=O) groups excluding carboxylic acids is 1. The molecule has 90 valence electrons. The number of nitrogens with one attached hydrogen (secondary N) is 1. The molecule has 0 atom stereocenters. The second-order valence-electron chi connectivity index (χ2n) is 3.59. The van der Waals surface area contributed by atoms with Gasteiger partial charge in [-0.05, 0) is 40.2 Å². The van der Waals surface area contributed by atoms with Gasteiger partial charge in [0.15, 0.2) is 21.8 Å². The van der Waals surface area contributed by atoms with Gasteiger partial charge in [-0.2, -0.15) is 0 Å². The third-order valence-electron chi connectivity index (χ3n) is 2.41. The zero-order chi connectivity index (χ0) is 12.5. The Morgan fingerprint density at radius 2 is 2.06 bits per heavy atom. The lowest BCUT2D eigenvalue weighted by Gasteiger charge is -1.97. The molecule has 5 nitrogen and oxygen atoms in total. The highest BCUT2D eigenvalue weighted by molar-refractivity contribution is 9.10. The van der Waals surface area contributed by atoms with Crippen LogP contribution in [-0.4, -0.2) is 11.1 Å². The second-order valence-corrected chi connectivity index (χ2v) is 4.37. The Hall–Kier alpha value is -2.08. The van der Waals surface area contributed by atoms with E-state index in [9.17, 15) is 4.79 Å². The third kappa shape index (κ3) is 1.91. The van der Waals surface area contributed by atoms with E-state index in [1.807, 2.05) is 18.2 Å². The summed E-state index contributed by atoms with van der Waals surface area (Å²) in [5.41, 5.74) is 0.619. The Balaban J connectivity index is 1.90. The summed E-state index contributed by atoms with van der Waals surface area (Å²) in [6, 6.07) is 10.5. The number of benzene rings is 1. The van der Waals surface area contributed by atoms with Gasteiger partial charge in [-0.3, -0.25) is 4.79 Å². The number of amides is 1. The standard InChI is InChI=1S/C12H7BrN2O3/c13-10-6-5-9(17-10)12(16)14-11-7-3-1-2-4-8(7)18-15-11/h1-6H,(H,14,15,16). The van der Waals surface area contributed by atoms with Crippen molar-refractivity contribution < 1.29 is 13.7 Å². The smallest absolute Gasteiger partial charge is 0.292 e. The van der Waals surface area contributed by atoms with E-state index >= 15 is 0 Å². The molecular formula is C12H7BrN2O3. The summed E-state index contributed by atoms with van der Waals surface area (Å²) in [4.78, 5) is 11.9. The number of halogens is 1. The lowest BCUT2D eigenvalue weighted by atomic mass is 10.2.